The lowest BCUT2D eigenvalue weighted by molar-refractivity contribution is -0.147. The molecule has 3 aromatic rings. The number of esters is 1. The molecule has 0 saturated carbocycles. The number of amides is 1. The minimum Gasteiger partial charge on any atom is -0.456 e. The molecule has 0 saturated heterocycles. The van der Waals surface area contributed by atoms with Crippen molar-refractivity contribution in [2.24, 2.45) is 0 Å². The second kappa shape index (κ2) is 8.90. The van der Waals surface area contributed by atoms with Crippen LogP contribution in [0.5, 0.6) is 0 Å². The van der Waals surface area contributed by atoms with E-state index < -0.39 is 24.3 Å². The summed E-state index contributed by atoms with van der Waals surface area (Å²) in [7, 11) is 0. The number of nitrogens with zero attached hydrogens (tertiary/aromatic N) is 2. The van der Waals surface area contributed by atoms with E-state index in [1.807, 2.05) is 31.2 Å². The third-order valence-corrected chi connectivity index (χ3v) is 3.80. The number of benzene rings is 2. The summed E-state index contributed by atoms with van der Waals surface area (Å²) < 4.78 is 23.3. The van der Waals surface area contributed by atoms with E-state index in [9.17, 15) is 14.0 Å². The van der Waals surface area contributed by atoms with Crippen molar-refractivity contribution in [2.75, 3.05) is 11.9 Å². The van der Waals surface area contributed by atoms with Gasteiger partial charge in [-0.15, -0.1) is 10.2 Å². The number of rotatable bonds is 7. The molecule has 0 aliphatic carbocycles. The van der Waals surface area contributed by atoms with Crippen LogP contribution in [0.25, 0.3) is 11.5 Å². The fourth-order valence-electron chi connectivity index (χ4n) is 2.32. The highest BCUT2D eigenvalue weighted by Crippen LogP contribution is 2.18. The van der Waals surface area contributed by atoms with E-state index in [-0.39, 0.29) is 12.8 Å². The summed E-state index contributed by atoms with van der Waals surface area (Å²) in [5.41, 5.74) is 2.33. The molecule has 1 aromatic heterocycles. The van der Waals surface area contributed by atoms with E-state index in [0.717, 1.165) is 11.1 Å². The second-order valence-electron chi connectivity index (χ2n) is 6.08. The standard InChI is InChI=1S/C20H18FN3O4/c1-13-2-4-14(5-3-13)20-24-23-18(28-20)10-11-19(26)27-12-17(25)22-16-8-6-15(21)7-9-16/h2-9H,10-12H2,1H3,(H,22,25). The Bertz CT molecular complexity index is 952. The van der Waals surface area contributed by atoms with E-state index >= 15 is 0 Å². The van der Waals surface area contributed by atoms with Crippen molar-refractivity contribution in [1.82, 2.24) is 10.2 Å². The van der Waals surface area contributed by atoms with Crippen molar-refractivity contribution in [3.63, 3.8) is 0 Å². The molecule has 7 nitrogen and oxygen atoms in total. The summed E-state index contributed by atoms with van der Waals surface area (Å²) in [4.78, 5) is 23.5. The summed E-state index contributed by atoms with van der Waals surface area (Å²) >= 11 is 0. The quantitative estimate of drug-likeness (QED) is 0.629. The van der Waals surface area contributed by atoms with Gasteiger partial charge in [0.25, 0.3) is 5.91 Å². The number of nitrogens with one attached hydrogen (secondary N) is 1. The van der Waals surface area contributed by atoms with Crippen molar-refractivity contribution < 1.29 is 23.1 Å². The van der Waals surface area contributed by atoms with Crippen LogP contribution in [0.2, 0.25) is 0 Å². The van der Waals surface area contributed by atoms with Gasteiger partial charge in [0.2, 0.25) is 11.8 Å². The Kier molecular flexibility index (Phi) is 6.11. The SMILES string of the molecule is Cc1ccc(-c2nnc(CCC(=O)OCC(=O)Nc3ccc(F)cc3)o2)cc1. The Balaban J connectivity index is 1.42. The number of ether oxygens (including phenoxy) is 1. The molecule has 0 atom stereocenters. The summed E-state index contributed by atoms with van der Waals surface area (Å²) in [6.45, 7) is 1.54. The number of carbonyl (C=O) groups excluding carboxylic acids is 2. The van der Waals surface area contributed by atoms with E-state index in [0.29, 0.717) is 17.5 Å². The highest BCUT2D eigenvalue weighted by Gasteiger charge is 2.12. The van der Waals surface area contributed by atoms with Gasteiger partial charge in [0.15, 0.2) is 6.61 Å². The third-order valence-electron chi connectivity index (χ3n) is 3.80. The average Bonchev–Trinajstić information content (AvgIpc) is 3.16. The number of hydrogen-bond donors (Lipinski definition) is 1. The molecule has 0 aliphatic heterocycles. The lowest BCUT2D eigenvalue weighted by Crippen LogP contribution is -2.21. The molecule has 0 bridgehead atoms. The molecule has 0 fully saturated rings. The van der Waals surface area contributed by atoms with Crippen molar-refractivity contribution in [3.05, 3.63) is 65.8 Å². The van der Waals surface area contributed by atoms with Crippen LogP contribution >= 0.6 is 0 Å². The zero-order valence-electron chi connectivity index (χ0n) is 15.1. The first-order valence-corrected chi connectivity index (χ1v) is 8.60. The number of anilines is 1. The first-order valence-electron chi connectivity index (χ1n) is 8.60. The number of halogens is 1. The highest BCUT2D eigenvalue weighted by molar-refractivity contribution is 5.92. The van der Waals surface area contributed by atoms with Gasteiger partial charge < -0.3 is 14.5 Å². The van der Waals surface area contributed by atoms with Crippen LogP contribution in [-0.2, 0) is 20.7 Å². The summed E-state index contributed by atoms with van der Waals surface area (Å²) in [6, 6.07) is 12.9. The largest absolute Gasteiger partial charge is 0.456 e. The molecule has 1 N–H and O–H groups in total. The molecular formula is C20H18FN3O4. The third kappa shape index (κ3) is 5.47. The minimum absolute atomic E-state index is 0.000636. The van der Waals surface area contributed by atoms with Gasteiger partial charge in [0.1, 0.15) is 5.82 Å². The van der Waals surface area contributed by atoms with Crippen LogP contribution < -0.4 is 5.32 Å². The molecule has 3 rings (SSSR count). The van der Waals surface area contributed by atoms with Gasteiger partial charge in [-0.1, -0.05) is 17.7 Å². The van der Waals surface area contributed by atoms with Gasteiger partial charge in [-0.05, 0) is 43.3 Å². The van der Waals surface area contributed by atoms with Crippen LogP contribution in [0.4, 0.5) is 10.1 Å². The maximum absolute atomic E-state index is 12.8. The first-order chi connectivity index (χ1) is 13.5. The molecule has 1 amide bonds. The Morgan fingerprint density at radius 1 is 1.07 bits per heavy atom. The lowest BCUT2D eigenvalue weighted by Gasteiger charge is -2.06. The van der Waals surface area contributed by atoms with Crippen LogP contribution in [0.15, 0.2) is 52.9 Å². The molecule has 144 valence electrons. The van der Waals surface area contributed by atoms with Gasteiger partial charge in [-0.3, -0.25) is 9.59 Å². The van der Waals surface area contributed by atoms with Crippen molar-refractivity contribution in [2.45, 2.75) is 19.8 Å². The maximum atomic E-state index is 12.8. The fraction of sp³-hybridized carbons (Fsp3) is 0.200. The molecule has 28 heavy (non-hydrogen) atoms. The maximum Gasteiger partial charge on any atom is 0.306 e. The van der Waals surface area contributed by atoms with Crippen LogP contribution in [0.1, 0.15) is 17.9 Å². The monoisotopic (exact) mass is 383 g/mol. The molecule has 0 unspecified atom stereocenters. The van der Waals surface area contributed by atoms with Gasteiger partial charge in [-0.25, -0.2) is 4.39 Å². The Labute approximate surface area is 160 Å². The van der Waals surface area contributed by atoms with E-state index in [1.165, 1.54) is 24.3 Å². The summed E-state index contributed by atoms with van der Waals surface area (Å²) in [5.74, 6) is -0.801. The summed E-state index contributed by atoms with van der Waals surface area (Å²) in [5, 5.41) is 10.4. The topological polar surface area (TPSA) is 94.3 Å². The Morgan fingerprint density at radius 2 is 1.79 bits per heavy atom. The van der Waals surface area contributed by atoms with E-state index in [4.69, 9.17) is 9.15 Å². The van der Waals surface area contributed by atoms with E-state index in [2.05, 4.69) is 15.5 Å². The predicted octanol–water partition coefficient (Wildman–Crippen LogP) is 3.30. The highest BCUT2D eigenvalue weighted by atomic mass is 19.1. The molecule has 0 aliphatic rings. The van der Waals surface area contributed by atoms with Crippen LogP contribution in [-0.4, -0.2) is 28.7 Å². The number of hydrogen-bond acceptors (Lipinski definition) is 6. The Hall–Kier alpha value is -3.55. The summed E-state index contributed by atoms with van der Waals surface area (Å²) in [6.07, 6.45) is 0.205. The van der Waals surface area contributed by atoms with Crippen LogP contribution in [0.3, 0.4) is 0 Å². The molecule has 0 spiro atoms. The lowest BCUT2D eigenvalue weighted by atomic mass is 10.1. The second-order valence-corrected chi connectivity index (χ2v) is 6.08. The molecule has 2 aromatic carbocycles. The minimum atomic E-state index is -0.565. The zero-order valence-corrected chi connectivity index (χ0v) is 15.1. The van der Waals surface area contributed by atoms with Gasteiger partial charge in [0, 0.05) is 17.7 Å². The zero-order chi connectivity index (χ0) is 19.9. The molecule has 0 radical (unpaired) electrons. The van der Waals surface area contributed by atoms with Gasteiger partial charge >= 0.3 is 5.97 Å². The molecule has 8 heteroatoms. The van der Waals surface area contributed by atoms with Crippen molar-refractivity contribution in [1.29, 1.82) is 0 Å². The molecule has 1 heterocycles. The first kappa shape index (κ1) is 19.2. The van der Waals surface area contributed by atoms with Gasteiger partial charge in [-0.2, -0.15) is 0 Å². The smallest absolute Gasteiger partial charge is 0.306 e. The normalized spacial score (nSPS) is 10.5. The number of aryl methyl sites for hydroxylation is 2. The molecular weight excluding hydrogens is 365 g/mol. The van der Waals surface area contributed by atoms with Gasteiger partial charge in [0.05, 0.1) is 6.42 Å². The van der Waals surface area contributed by atoms with Crippen LogP contribution in [0, 0.1) is 12.7 Å². The predicted molar refractivity (Wildman–Crippen MR) is 98.8 cm³/mol. The van der Waals surface area contributed by atoms with Crippen molar-refractivity contribution >= 4 is 17.6 Å². The average molecular weight is 383 g/mol. The Morgan fingerprint density at radius 3 is 2.50 bits per heavy atom. The number of carbonyl (C=O) groups is 2. The van der Waals surface area contributed by atoms with Crippen molar-refractivity contribution in [3.8, 4) is 11.5 Å². The fourth-order valence-corrected chi connectivity index (χ4v) is 2.32. The number of aromatic nitrogens is 2. The van der Waals surface area contributed by atoms with E-state index in [1.54, 1.807) is 0 Å².